The summed E-state index contributed by atoms with van der Waals surface area (Å²) in [7, 11) is 0. The van der Waals surface area contributed by atoms with E-state index in [1.807, 2.05) is 0 Å². The van der Waals surface area contributed by atoms with Crippen molar-refractivity contribution in [3.63, 3.8) is 0 Å². The van der Waals surface area contributed by atoms with Gasteiger partial charge < -0.3 is 72.5 Å². The van der Waals surface area contributed by atoms with Crippen molar-refractivity contribution in [2.24, 2.45) is 33.8 Å². The summed E-state index contributed by atoms with van der Waals surface area (Å²) in [4.78, 5) is 3.78. The molecule has 3 rings (SSSR count). The lowest BCUT2D eigenvalue weighted by molar-refractivity contribution is -0.317. The highest BCUT2D eigenvalue weighted by molar-refractivity contribution is 5.75. The molecule has 15 nitrogen and oxygen atoms in total. The molecule has 204 valence electrons. The smallest absolute Gasteiger partial charge is 0.187 e. The third-order valence-electron chi connectivity index (χ3n) is 6.83. The lowest BCUT2D eigenvalue weighted by Gasteiger charge is -2.47. The summed E-state index contributed by atoms with van der Waals surface area (Å²) in [6.07, 6.45) is -14.8. The van der Waals surface area contributed by atoms with Gasteiger partial charge in [0.1, 0.15) is 48.8 Å². The van der Waals surface area contributed by atoms with E-state index < -0.39 is 85.7 Å². The van der Waals surface area contributed by atoms with Gasteiger partial charge in [0.25, 0.3) is 0 Å². The molecule has 15 atom stereocenters. The van der Waals surface area contributed by atoms with Crippen molar-refractivity contribution in [1.29, 1.82) is 0 Å². The largest absolute Gasteiger partial charge is 0.391 e. The molecule has 0 spiro atoms. The van der Waals surface area contributed by atoms with Gasteiger partial charge in [-0.05, 0) is 19.3 Å². The van der Waals surface area contributed by atoms with Crippen LogP contribution < -0.4 is 22.9 Å². The summed E-state index contributed by atoms with van der Waals surface area (Å²) in [5, 5.41) is 62.1. The molecule has 0 aromatic rings. The van der Waals surface area contributed by atoms with Crippen LogP contribution in [0.4, 0.5) is 0 Å². The SMILES string of the molecule is C[C@@H]1CC(N)[C@@H](O[C@H]2OC([C@@H](C)O)[C@@H](O)[C@H](O)C2N)[C@H](O[C@@H]2O[C@H](CN=C(N)N)[C@H](O)C2O)C1O. The minimum atomic E-state index is -1.49. The summed E-state index contributed by atoms with van der Waals surface area (Å²) < 4.78 is 23.1. The van der Waals surface area contributed by atoms with Crippen LogP contribution in [0.3, 0.4) is 0 Å². The number of rotatable bonds is 7. The first-order valence-electron chi connectivity index (χ1n) is 11.6. The first-order valence-corrected chi connectivity index (χ1v) is 11.6. The molecule has 0 aromatic heterocycles. The quantitative estimate of drug-likeness (QED) is 0.113. The van der Waals surface area contributed by atoms with Gasteiger partial charge in [0.2, 0.25) is 0 Å². The standard InChI is InChI=1S/C20H39N5O10/c1-5-3-7(21)16(34-18-9(22)12(29)13(30)15(33-18)6(2)26)17(10(5)27)35-19-14(31)11(28)8(32-19)4-25-20(23)24/h5-19,26-31H,3-4,21-22H2,1-2H3,(H4,23,24,25)/t5-,6-,7?,8-,9?,10?,11+,12-,13+,14?,15?,16-,17-,18-,19+/m1/s1. The average molecular weight is 510 g/mol. The number of hydrogen-bond donors (Lipinski definition) is 10. The van der Waals surface area contributed by atoms with Crippen molar-refractivity contribution in [2.75, 3.05) is 6.54 Å². The summed E-state index contributed by atoms with van der Waals surface area (Å²) >= 11 is 0. The van der Waals surface area contributed by atoms with E-state index in [1.165, 1.54) is 6.92 Å². The molecule has 5 unspecified atom stereocenters. The van der Waals surface area contributed by atoms with Crippen LogP contribution in [0.25, 0.3) is 0 Å². The molecule has 1 saturated carbocycles. The van der Waals surface area contributed by atoms with Crippen LogP contribution in [0.2, 0.25) is 0 Å². The Morgan fingerprint density at radius 3 is 2.14 bits per heavy atom. The summed E-state index contributed by atoms with van der Waals surface area (Å²) in [5.41, 5.74) is 22.9. The molecular formula is C20H39N5O10. The van der Waals surface area contributed by atoms with E-state index in [0.717, 1.165) is 0 Å². The van der Waals surface area contributed by atoms with E-state index in [2.05, 4.69) is 4.99 Å². The normalized spacial score (nSPS) is 49.5. The van der Waals surface area contributed by atoms with Crippen molar-refractivity contribution < 1.29 is 49.6 Å². The zero-order valence-electron chi connectivity index (χ0n) is 19.6. The molecule has 3 aliphatic rings. The maximum Gasteiger partial charge on any atom is 0.187 e. The molecule has 0 radical (unpaired) electrons. The van der Waals surface area contributed by atoms with Gasteiger partial charge in [-0.1, -0.05) is 6.92 Å². The van der Waals surface area contributed by atoms with Gasteiger partial charge in [-0.2, -0.15) is 0 Å². The third-order valence-corrected chi connectivity index (χ3v) is 6.83. The number of guanidine groups is 1. The van der Waals surface area contributed by atoms with E-state index in [0.29, 0.717) is 6.42 Å². The van der Waals surface area contributed by atoms with E-state index in [1.54, 1.807) is 6.92 Å². The highest BCUT2D eigenvalue weighted by atomic mass is 16.7. The van der Waals surface area contributed by atoms with Crippen LogP contribution in [0.15, 0.2) is 4.99 Å². The monoisotopic (exact) mass is 509 g/mol. The Bertz CT molecular complexity index is 730. The van der Waals surface area contributed by atoms with Crippen LogP contribution in [-0.4, -0.2) is 129 Å². The highest BCUT2D eigenvalue weighted by Crippen LogP contribution is 2.34. The van der Waals surface area contributed by atoms with Crippen molar-refractivity contribution in [2.45, 2.75) is 106 Å². The molecule has 0 aromatic carbocycles. The molecule has 0 amide bonds. The van der Waals surface area contributed by atoms with E-state index >= 15 is 0 Å². The van der Waals surface area contributed by atoms with Crippen LogP contribution in [0.1, 0.15) is 20.3 Å². The number of nitrogens with two attached hydrogens (primary N) is 4. The zero-order chi connectivity index (χ0) is 26.2. The molecule has 15 heteroatoms. The fourth-order valence-electron chi connectivity index (χ4n) is 4.71. The van der Waals surface area contributed by atoms with E-state index in [-0.39, 0.29) is 18.4 Å². The lowest BCUT2D eigenvalue weighted by atomic mass is 9.80. The van der Waals surface area contributed by atoms with E-state index in [4.69, 9.17) is 41.9 Å². The average Bonchev–Trinajstić information content (AvgIpc) is 3.05. The number of ether oxygens (including phenoxy) is 4. The van der Waals surface area contributed by atoms with Crippen LogP contribution in [-0.2, 0) is 18.9 Å². The Morgan fingerprint density at radius 2 is 1.54 bits per heavy atom. The fourth-order valence-corrected chi connectivity index (χ4v) is 4.71. The highest BCUT2D eigenvalue weighted by Gasteiger charge is 2.52. The topological polar surface area (TPSA) is 275 Å². The number of aliphatic hydroxyl groups is 6. The van der Waals surface area contributed by atoms with Gasteiger partial charge in [-0.15, -0.1) is 0 Å². The second-order valence-corrected chi connectivity index (χ2v) is 9.63. The molecule has 3 fully saturated rings. The molecule has 0 bridgehead atoms. The third kappa shape index (κ3) is 6.03. The van der Waals surface area contributed by atoms with Gasteiger partial charge in [-0.25, -0.2) is 0 Å². The first-order chi connectivity index (χ1) is 16.3. The minimum Gasteiger partial charge on any atom is -0.391 e. The maximum atomic E-state index is 10.9. The van der Waals surface area contributed by atoms with Gasteiger partial charge in [-0.3, -0.25) is 4.99 Å². The number of aliphatic hydroxyl groups excluding tert-OH is 6. The van der Waals surface area contributed by atoms with E-state index in [9.17, 15) is 30.6 Å². The van der Waals surface area contributed by atoms with Crippen LogP contribution in [0, 0.1) is 5.92 Å². The molecular weight excluding hydrogens is 470 g/mol. The van der Waals surface area contributed by atoms with Crippen molar-refractivity contribution in [1.82, 2.24) is 0 Å². The fraction of sp³-hybridized carbons (Fsp3) is 0.950. The van der Waals surface area contributed by atoms with Crippen molar-refractivity contribution in [3.05, 3.63) is 0 Å². The zero-order valence-corrected chi connectivity index (χ0v) is 19.6. The predicted molar refractivity (Wildman–Crippen MR) is 119 cm³/mol. The molecule has 14 N–H and O–H groups in total. The van der Waals surface area contributed by atoms with Gasteiger partial charge >= 0.3 is 0 Å². The minimum absolute atomic E-state index is 0.130. The Kier molecular flexibility index (Phi) is 9.28. The molecule has 2 aliphatic heterocycles. The molecule has 2 heterocycles. The molecule has 35 heavy (non-hydrogen) atoms. The van der Waals surface area contributed by atoms with Crippen LogP contribution in [0.5, 0.6) is 0 Å². The Labute approximate surface area is 202 Å². The maximum absolute atomic E-state index is 10.9. The summed E-state index contributed by atoms with van der Waals surface area (Å²) in [6.45, 7) is 3.00. The number of aliphatic imine (C=N–C) groups is 1. The Hall–Kier alpha value is -1.21. The first kappa shape index (κ1) is 28.4. The summed E-state index contributed by atoms with van der Waals surface area (Å²) in [6, 6.07) is -1.90. The summed E-state index contributed by atoms with van der Waals surface area (Å²) in [5.74, 6) is -0.545. The number of nitrogens with zero attached hydrogens (tertiary/aromatic N) is 1. The van der Waals surface area contributed by atoms with Gasteiger partial charge in [0, 0.05) is 6.04 Å². The van der Waals surface area contributed by atoms with Crippen molar-refractivity contribution in [3.8, 4) is 0 Å². The predicted octanol–water partition coefficient (Wildman–Crippen LogP) is -5.64. The molecule has 2 saturated heterocycles. The van der Waals surface area contributed by atoms with Gasteiger partial charge in [0.15, 0.2) is 18.5 Å². The lowest BCUT2D eigenvalue weighted by Crippen LogP contribution is -2.67. The Morgan fingerprint density at radius 1 is 0.914 bits per heavy atom. The van der Waals surface area contributed by atoms with Crippen molar-refractivity contribution >= 4 is 5.96 Å². The van der Waals surface area contributed by atoms with Gasteiger partial charge in [0.05, 0.1) is 24.8 Å². The second-order valence-electron chi connectivity index (χ2n) is 9.63. The second kappa shape index (κ2) is 11.5. The van der Waals surface area contributed by atoms with Crippen LogP contribution >= 0.6 is 0 Å². The number of hydrogen-bond acceptors (Lipinski definition) is 13. The Balaban J connectivity index is 1.78. The molecule has 1 aliphatic carbocycles.